The summed E-state index contributed by atoms with van der Waals surface area (Å²) < 4.78 is 5.20. The molecule has 0 aromatic carbocycles. The zero-order chi connectivity index (χ0) is 25.1. The molecule has 0 N–H and O–H groups in total. The van der Waals surface area contributed by atoms with Crippen molar-refractivity contribution < 1.29 is 9.53 Å². The molecule has 0 spiro atoms. The van der Waals surface area contributed by atoms with Crippen molar-refractivity contribution in [2.75, 3.05) is 6.61 Å². The highest BCUT2D eigenvalue weighted by atomic mass is 16.5. The first kappa shape index (κ1) is 27.5. The average Bonchev–Trinajstić information content (AvgIpc) is 3.20. The standard InChI is InChI=1S/C30H48O2.C2H6/c1-7-20(3)22-15-17-29(5)23(19-22)10-11-24-26-13-12-25(30(26,6)18-16-27(24)29)21(4)9-14-28(31)32-8-2;1-2/h7,10,21-22,24-27H,8-9,11-19H2,1-6H3;1-2H3/b20-7-;/t21-,22?,24?,25?,26?,27?,29?,30?;/m1./s1. The fourth-order valence-electron chi connectivity index (χ4n) is 9.04. The van der Waals surface area contributed by atoms with Crippen LogP contribution in [0.1, 0.15) is 120 Å². The molecule has 0 amide bonds. The zero-order valence-corrected chi connectivity index (χ0v) is 23.7. The summed E-state index contributed by atoms with van der Waals surface area (Å²) in [4.78, 5) is 11.9. The van der Waals surface area contributed by atoms with E-state index in [1.54, 1.807) is 11.1 Å². The second kappa shape index (κ2) is 11.3. The quantitative estimate of drug-likeness (QED) is 0.286. The van der Waals surface area contributed by atoms with Crippen LogP contribution in [0.4, 0.5) is 0 Å². The number of hydrogen-bond donors (Lipinski definition) is 0. The Hall–Kier alpha value is -1.05. The molecule has 4 aliphatic rings. The van der Waals surface area contributed by atoms with Gasteiger partial charge < -0.3 is 4.74 Å². The number of rotatable bonds is 6. The van der Waals surface area contributed by atoms with E-state index in [1.165, 1.54) is 51.4 Å². The largest absolute Gasteiger partial charge is 0.466 e. The topological polar surface area (TPSA) is 26.3 Å². The molecule has 0 aliphatic heterocycles. The highest BCUT2D eigenvalue weighted by Crippen LogP contribution is 2.67. The van der Waals surface area contributed by atoms with Crippen LogP contribution in [0.5, 0.6) is 0 Å². The van der Waals surface area contributed by atoms with Gasteiger partial charge in [0, 0.05) is 6.42 Å². The van der Waals surface area contributed by atoms with Crippen molar-refractivity contribution in [1.82, 2.24) is 0 Å². The van der Waals surface area contributed by atoms with Crippen molar-refractivity contribution >= 4 is 5.97 Å². The first-order valence-corrected chi connectivity index (χ1v) is 14.7. The van der Waals surface area contributed by atoms with Gasteiger partial charge in [-0.3, -0.25) is 4.79 Å². The minimum atomic E-state index is -0.00983. The smallest absolute Gasteiger partial charge is 0.305 e. The Morgan fingerprint density at radius 1 is 1.15 bits per heavy atom. The van der Waals surface area contributed by atoms with E-state index in [9.17, 15) is 4.79 Å². The maximum atomic E-state index is 11.9. The summed E-state index contributed by atoms with van der Waals surface area (Å²) >= 11 is 0. The van der Waals surface area contributed by atoms with E-state index in [2.05, 4.69) is 46.8 Å². The summed E-state index contributed by atoms with van der Waals surface area (Å²) in [5.74, 6) is 4.81. The predicted octanol–water partition coefficient (Wildman–Crippen LogP) is 9.15. The number of hydrogen-bond acceptors (Lipinski definition) is 2. The molecule has 2 heteroatoms. The van der Waals surface area contributed by atoms with Gasteiger partial charge in [0.05, 0.1) is 6.61 Å². The summed E-state index contributed by atoms with van der Waals surface area (Å²) in [7, 11) is 0. The molecule has 0 heterocycles. The van der Waals surface area contributed by atoms with Crippen molar-refractivity contribution in [3.8, 4) is 0 Å². The summed E-state index contributed by atoms with van der Waals surface area (Å²) in [5.41, 5.74) is 4.32. The normalized spacial score (nSPS) is 40.1. The molecule has 7 unspecified atom stereocenters. The van der Waals surface area contributed by atoms with Gasteiger partial charge in [0.15, 0.2) is 0 Å². The summed E-state index contributed by atoms with van der Waals surface area (Å²) in [6, 6.07) is 0. The fraction of sp³-hybridized carbons (Fsp3) is 0.844. The van der Waals surface area contributed by atoms with E-state index in [4.69, 9.17) is 4.74 Å². The first-order chi connectivity index (χ1) is 16.2. The van der Waals surface area contributed by atoms with Crippen LogP contribution in [0, 0.1) is 46.3 Å². The molecule has 3 fully saturated rings. The van der Waals surface area contributed by atoms with E-state index < -0.39 is 0 Å². The number of esters is 1. The Kier molecular flexibility index (Phi) is 9.18. The third-order valence-electron chi connectivity index (χ3n) is 11.1. The number of ether oxygens (including phenoxy) is 1. The van der Waals surface area contributed by atoms with Crippen molar-refractivity contribution in [2.45, 2.75) is 120 Å². The summed E-state index contributed by atoms with van der Waals surface area (Å²) in [6.45, 7) is 18.6. The maximum absolute atomic E-state index is 11.9. The predicted molar refractivity (Wildman–Crippen MR) is 144 cm³/mol. The maximum Gasteiger partial charge on any atom is 0.305 e. The molecule has 0 bridgehead atoms. The summed E-state index contributed by atoms with van der Waals surface area (Å²) in [5, 5.41) is 0. The van der Waals surface area contributed by atoms with Crippen LogP contribution in [0.3, 0.4) is 0 Å². The van der Waals surface area contributed by atoms with Gasteiger partial charge in [-0.1, -0.05) is 57.9 Å². The van der Waals surface area contributed by atoms with Gasteiger partial charge in [0.1, 0.15) is 0 Å². The van der Waals surface area contributed by atoms with Crippen molar-refractivity contribution in [1.29, 1.82) is 0 Å². The molecule has 2 nitrogen and oxygen atoms in total. The van der Waals surface area contributed by atoms with Crippen LogP contribution in [0.15, 0.2) is 23.3 Å². The molecular weight excluding hydrogens is 416 g/mol. The summed E-state index contributed by atoms with van der Waals surface area (Å²) in [6.07, 6.45) is 17.6. The van der Waals surface area contributed by atoms with Crippen LogP contribution in [-0.2, 0) is 9.53 Å². The third kappa shape index (κ3) is 4.94. The number of allylic oxidation sites excluding steroid dienone is 4. The van der Waals surface area contributed by atoms with Gasteiger partial charge in [0.25, 0.3) is 0 Å². The zero-order valence-electron chi connectivity index (χ0n) is 23.7. The minimum absolute atomic E-state index is 0.00983. The highest BCUT2D eigenvalue weighted by molar-refractivity contribution is 5.69. The Labute approximate surface area is 211 Å². The van der Waals surface area contributed by atoms with Crippen molar-refractivity contribution in [3.63, 3.8) is 0 Å². The second-order valence-corrected chi connectivity index (χ2v) is 12.3. The molecular formula is C32H54O2. The molecule has 3 saturated carbocycles. The van der Waals surface area contributed by atoms with E-state index in [1.807, 2.05) is 20.8 Å². The average molecular weight is 471 g/mol. The van der Waals surface area contributed by atoms with E-state index in [0.29, 0.717) is 29.8 Å². The van der Waals surface area contributed by atoms with E-state index >= 15 is 0 Å². The van der Waals surface area contributed by atoms with Gasteiger partial charge >= 0.3 is 5.97 Å². The van der Waals surface area contributed by atoms with Crippen LogP contribution in [-0.4, -0.2) is 12.6 Å². The van der Waals surface area contributed by atoms with Crippen molar-refractivity contribution in [2.24, 2.45) is 46.3 Å². The van der Waals surface area contributed by atoms with Crippen LogP contribution in [0.25, 0.3) is 0 Å². The molecule has 8 atom stereocenters. The van der Waals surface area contributed by atoms with Crippen molar-refractivity contribution in [3.05, 3.63) is 23.3 Å². The van der Waals surface area contributed by atoms with Gasteiger partial charge in [0.2, 0.25) is 0 Å². The lowest BCUT2D eigenvalue weighted by Gasteiger charge is -2.58. The van der Waals surface area contributed by atoms with Gasteiger partial charge in [-0.25, -0.2) is 0 Å². The van der Waals surface area contributed by atoms with Crippen LogP contribution >= 0.6 is 0 Å². The SMILES string of the molecule is C/C=C(/C)C1CCC2(C)C(=CCC3C2CCC2(C)C3CCC2[C@H](C)CCC(=O)OCC)C1.CC. The first-order valence-electron chi connectivity index (χ1n) is 14.7. The Morgan fingerprint density at radius 2 is 1.88 bits per heavy atom. The van der Waals surface area contributed by atoms with E-state index in [-0.39, 0.29) is 5.97 Å². The van der Waals surface area contributed by atoms with Gasteiger partial charge in [-0.05, 0) is 125 Å². The molecule has 0 aromatic heterocycles. The van der Waals surface area contributed by atoms with Crippen LogP contribution < -0.4 is 0 Å². The second-order valence-electron chi connectivity index (χ2n) is 12.3. The Bertz CT molecular complexity index is 763. The Morgan fingerprint density at radius 3 is 2.56 bits per heavy atom. The molecule has 194 valence electrons. The Balaban J connectivity index is 0.00000158. The highest BCUT2D eigenvalue weighted by Gasteiger charge is 2.59. The monoisotopic (exact) mass is 470 g/mol. The molecule has 0 saturated heterocycles. The molecule has 34 heavy (non-hydrogen) atoms. The molecule has 4 aliphatic carbocycles. The van der Waals surface area contributed by atoms with Gasteiger partial charge in [-0.2, -0.15) is 0 Å². The molecule has 0 aromatic rings. The number of carbonyl (C=O) groups is 1. The lowest BCUT2D eigenvalue weighted by molar-refractivity contribution is -0.143. The molecule has 0 radical (unpaired) electrons. The number of fused-ring (bicyclic) bond motifs is 5. The fourth-order valence-corrected chi connectivity index (χ4v) is 9.04. The lowest BCUT2D eigenvalue weighted by Crippen LogP contribution is -2.50. The van der Waals surface area contributed by atoms with Gasteiger partial charge in [-0.15, -0.1) is 0 Å². The number of carbonyl (C=O) groups excluding carboxylic acids is 1. The minimum Gasteiger partial charge on any atom is -0.466 e. The molecule has 4 rings (SSSR count). The van der Waals surface area contributed by atoms with E-state index in [0.717, 1.165) is 36.0 Å². The third-order valence-corrected chi connectivity index (χ3v) is 11.1. The lowest BCUT2D eigenvalue weighted by atomic mass is 9.46. The van der Waals surface area contributed by atoms with Crippen LogP contribution in [0.2, 0.25) is 0 Å².